The molecule has 23 heavy (non-hydrogen) atoms. The van der Waals surface area contributed by atoms with Crippen LogP contribution in [0.15, 0.2) is 18.2 Å². The number of benzene rings is 1. The summed E-state index contributed by atoms with van der Waals surface area (Å²) in [7, 11) is 1.37. The number of carbonyl (C=O) groups excluding carboxylic acids is 1. The van der Waals surface area contributed by atoms with Crippen molar-refractivity contribution in [1.29, 1.82) is 0 Å². The van der Waals surface area contributed by atoms with Gasteiger partial charge in [-0.1, -0.05) is 0 Å². The van der Waals surface area contributed by atoms with Crippen LogP contribution >= 0.6 is 12.4 Å². The minimum Gasteiger partial charge on any atom is -0.490 e. The lowest BCUT2D eigenvalue weighted by molar-refractivity contribution is -0.385. The van der Waals surface area contributed by atoms with Crippen LogP contribution in [0.25, 0.3) is 0 Å². The first-order valence-electron chi connectivity index (χ1n) is 7.43. The Morgan fingerprint density at radius 2 is 2.13 bits per heavy atom. The van der Waals surface area contributed by atoms with Crippen molar-refractivity contribution in [2.45, 2.75) is 25.7 Å². The monoisotopic (exact) mass is 343 g/mol. The Bertz CT molecular complexity index is 548. The van der Waals surface area contributed by atoms with E-state index in [9.17, 15) is 14.9 Å². The topological polar surface area (TPSA) is 93.5 Å². The zero-order valence-electron chi connectivity index (χ0n) is 13.0. The second kappa shape index (κ2) is 9.32. The summed E-state index contributed by atoms with van der Waals surface area (Å²) in [5, 5.41) is 17.0. The van der Waals surface area contributed by atoms with Crippen molar-refractivity contribution in [2.75, 3.05) is 25.5 Å². The number of carbonyl (C=O) groups is 1. The van der Waals surface area contributed by atoms with Crippen molar-refractivity contribution >= 4 is 29.7 Å². The van der Waals surface area contributed by atoms with Crippen LogP contribution in [-0.2, 0) is 4.79 Å². The highest BCUT2D eigenvalue weighted by Gasteiger charge is 2.17. The first-order chi connectivity index (χ1) is 10.6. The third kappa shape index (κ3) is 5.69. The van der Waals surface area contributed by atoms with Gasteiger partial charge < -0.3 is 15.4 Å². The van der Waals surface area contributed by atoms with E-state index < -0.39 is 4.92 Å². The number of ether oxygens (including phenoxy) is 1. The molecule has 0 atom stereocenters. The zero-order chi connectivity index (χ0) is 15.9. The summed E-state index contributed by atoms with van der Waals surface area (Å²) < 4.78 is 4.93. The molecule has 0 aliphatic carbocycles. The maximum absolute atomic E-state index is 12.0. The largest absolute Gasteiger partial charge is 0.490 e. The smallest absolute Gasteiger partial charge is 0.312 e. The predicted octanol–water partition coefficient (Wildman–Crippen LogP) is 2.74. The third-order valence-electron chi connectivity index (χ3n) is 3.90. The molecule has 1 saturated heterocycles. The van der Waals surface area contributed by atoms with Crippen LogP contribution < -0.4 is 15.4 Å². The van der Waals surface area contributed by atoms with E-state index in [0.29, 0.717) is 18.0 Å². The van der Waals surface area contributed by atoms with Crippen molar-refractivity contribution in [3.05, 3.63) is 28.3 Å². The molecule has 1 fully saturated rings. The Hall–Kier alpha value is -1.86. The molecular weight excluding hydrogens is 322 g/mol. The Morgan fingerprint density at radius 3 is 2.74 bits per heavy atom. The maximum atomic E-state index is 12.0. The molecule has 2 N–H and O–H groups in total. The van der Waals surface area contributed by atoms with Gasteiger partial charge in [0.25, 0.3) is 0 Å². The van der Waals surface area contributed by atoms with E-state index in [1.807, 2.05) is 0 Å². The first-order valence-corrected chi connectivity index (χ1v) is 7.43. The minimum atomic E-state index is -0.524. The predicted molar refractivity (Wildman–Crippen MR) is 90.4 cm³/mol. The SMILES string of the molecule is COc1ccc(NC(=O)CCC2CCNCC2)cc1[N+](=O)[O-].Cl. The van der Waals surface area contributed by atoms with Gasteiger partial charge in [0.05, 0.1) is 12.0 Å². The lowest BCUT2D eigenvalue weighted by atomic mass is 9.93. The summed E-state index contributed by atoms with van der Waals surface area (Å²) in [6, 6.07) is 4.41. The van der Waals surface area contributed by atoms with Crippen LogP contribution in [-0.4, -0.2) is 31.0 Å². The average molecular weight is 344 g/mol. The lowest BCUT2D eigenvalue weighted by Gasteiger charge is -2.22. The quantitative estimate of drug-likeness (QED) is 0.612. The van der Waals surface area contributed by atoms with Gasteiger partial charge in [0.15, 0.2) is 5.75 Å². The fraction of sp³-hybridized carbons (Fsp3) is 0.533. The second-order valence-electron chi connectivity index (χ2n) is 5.42. The van der Waals surface area contributed by atoms with Crippen molar-refractivity contribution in [3.63, 3.8) is 0 Å². The molecule has 1 aromatic rings. The molecule has 8 heteroatoms. The Labute approximate surface area is 141 Å². The number of halogens is 1. The van der Waals surface area contributed by atoms with E-state index in [1.54, 1.807) is 6.07 Å². The van der Waals surface area contributed by atoms with Gasteiger partial charge in [-0.25, -0.2) is 0 Å². The normalized spacial score (nSPS) is 14.7. The molecule has 1 heterocycles. The minimum absolute atomic E-state index is 0. The van der Waals surface area contributed by atoms with Gasteiger partial charge in [0.1, 0.15) is 0 Å². The maximum Gasteiger partial charge on any atom is 0.312 e. The molecule has 0 radical (unpaired) electrons. The van der Waals surface area contributed by atoms with Gasteiger partial charge in [-0.2, -0.15) is 0 Å². The van der Waals surface area contributed by atoms with Crippen LogP contribution in [0.4, 0.5) is 11.4 Å². The number of anilines is 1. The summed E-state index contributed by atoms with van der Waals surface area (Å²) in [4.78, 5) is 22.4. The van der Waals surface area contributed by atoms with Crippen LogP contribution in [0.3, 0.4) is 0 Å². The number of nitro groups is 1. The van der Waals surface area contributed by atoms with E-state index in [-0.39, 0.29) is 29.8 Å². The molecule has 0 spiro atoms. The van der Waals surface area contributed by atoms with Crippen molar-refractivity contribution in [2.24, 2.45) is 5.92 Å². The number of nitro benzene ring substituents is 1. The summed E-state index contributed by atoms with van der Waals surface area (Å²) in [6.07, 6.45) is 3.48. The summed E-state index contributed by atoms with van der Waals surface area (Å²) >= 11 is 0. The van der Waals surface area contributed by atoms with Crippen LogP contribution in [0.5, 0.6) is 5.75 Å². The van der Waals surface area contributed by atoms with Gasteiger partial charge in [-0.05, 0) is 50.4 Å². The molecule has 1 amide bonds. The van der Waals surface area contributed by atoms with E-state index in [1.165, 1.54) is 19.2 Å². The molecule has 0 bridgehead atoms. The molecule has 2 rings (SSSR count). The highest BCUT2D eigenvalue weighted by Crippen LogP contribution is 2.29. The van der Waals surface area contributed by atoms with Gasteiger partial charge in [-0.3, -0.25) is 14.9 Å². The van der Waals surface area contributed by atoms with Crippen LogP contribution in [0.1, 0.15) is 25.7 Å². The van der Waals surface area contributed by atoms with Crippen LogP contribution in [0, 0.1) is 16.0 Å². The number of hydrogen-bond donors (Lipinski definition) is 2. The number of rotatable bonds is 6. The molecule has 1 aliphatic rings. The van der Waals surface area contributed by atoms with E-state index in [0.717, 1.165) is 32.4 Å². The molecule has 128 valence electrons. The number of piperidine rings is 1. The zero-order valence-corrected chi connectivity index (χ0v) is 13.9. The Morgan fingerprint density at radius 1 is 1.43 bits per heavy atom. The van der Waals surface area contributed by atoms with E-state index in [4.69, 9.17) is 4.74 Å². The highest BCUT2D eigenvalue weighted by atomic mass is 35.5. The van der Waals surface area contributed by atoms with E-state index >= 15 is 0 Å². The number of nitrogens with zero attached hydrogens (tertiary/aromatic N) is 1. The molecule has 0 saturated carbocycles. The molecule has 1 aromatic carbocycles. The molecular formula is C15H22ClN3O4. The van der Waals surface area contributed by atoms with Gasteiger partial charge in [0, 0.05) is 18.2 Å². The first kappa shape index (κ1) is 19.2. The van der Waals surface area contributed by atoms with Crippen molar-refractivity contribution in [3.8, 4) is 5.75 Å². The molecule has 0 aromatic heterocycles. The standard InChI is InChI=1S/C15H21N3O4.ClH/c1-22-14-4-3-12(10-13(14)18(20)21)17-15(19)5-2-11-6-8-16-9-7-11;/h3-4,10-11,16H,2,5-9H2,1H3,(H,17,19);1H. The fourth-order valence-corrected chi connectivity index (χ4v) is 2.64. The van der Waals surface area contributed by atoms with Crippen LogP contribution in [0.2, 0.25) is 0 Å². The molecule has 1 aliphatic heterocycles. The molecule has 0 unspecified atom stereocenters. The number of methoxy groups -OCH3 is 1. The molecule has 7 nitrogen and oxygen atoms in total. The van der Waals surface area contributed by atoms with E-state index in [2.05, 4.69) is 10.6 Å². The second-order valence-corrected chi connectivity index (χ2v) is 5.42. The highest BCUT2D eigenvalue weighted by molar-refractivity contribution is 5.91. The summed E-state index contributed by atoms with van der Waals surface area (Å²) in [6.45, 7) is 2.02. The summed E-state index contributed by atoms with van der Waals surface area (Å²) in [5.41, 5.74) is 0.265. The van der Waals surface area contributed by atoms with Gasteiger partial charge in [-0.15, -0.1) is 12.4 Å². The summed E-state index contributed by atoms with van der Waals surface area (Å²) in [5.74, 6) is 0.646. The van der Waals surface area contributed by atoms with Gasteiger partial charge >= 0.3 is 5.69 Å². The van der Waals surface area contributed by atoms with Crippen molar-refractivity contribution in [1.82, 2.24) is 5.32 Å². The third-order valence-corrected chi connectivity index (χ3v) is 3.90. The number of amides is 1. The lowest BCUT2D eigenvalue weighted by Crippen LogP contribution is -2.28. The van der Waals surface area contributed by atoms with Crippen molar-refractivity contribution < 1.29 is 14.5 Å². The van der Waals surface area contributed by atoms with Gasteiger partial charge in [0.2, 0.25) is 5.91 Å². The Kier molecular flexibility index (Phi) is 7.77. The average Bonchev–Trinajstić information content (AvgIpc) is 2.54. The Balaban J connectivity index is 0.00000264. The fourth-order valence-electron chi connectivity index (χ4n) is 2.64. The number of nitrogens with one attached hydrogen (secondary N) is 2. The number of hydrogen-bond acceptors (Lipinski definition) is 5.